The quantitative estimate of drug-likeness (QED) is 0.470. The number of hydrogen-bond donors (Lipinski definition) is 3. The number of fused-ring (bicyclic) bond motifs is 3. The van der Waals surface area contributed by atoms with E-state index in [9.17, 15) is 4.79 Å². The van der Waals surface area contributed by atoms with Gasteiger partial charge in [0.05, 0.1) is 11.6 Å². The lowest BCUT2D eigenvalue weighted by molar-refractivity contribution is -0.119. The Morgan fingerprint density at radius 3 is 3.06 bits per heavy atom. The molecule has 1 amide bonds. The smallest absolute Gasteiger partial charge is 0.247 e. The summed E-state index contributed by atoms with van der Waals surface area (Å²) < 4.78 is 1.73. The van der Waals surface area contributed by atoms with Crippen molar-refractivity contribution in [1.82, 2.24) is 29.8 Å². The van der Waals surface area contributed by atoms with Crippen LogP contribution in [-0.4, -0.2) is 42.2 Å². The molecular formula is C21H21N9O. The van der Waals surface area contributed by atoms with Gasteiger partial charge >= 0.3 is 0 Å². The molecule has 4 aromatic rings. The highest BCUT2D eigenvalue weighted by Crippen LogP contribution is 2.39. The molecule has 0 unspecified atom stereocenters. The van der Waals surface area contributed by atoms with Crippen LogP contribution in [0.15, 0.2) is 36.8 Å². The molecule has 0 spiro atoms. The van der Waals surface area contributed by atoms with E-state index in [1.807, 2.05) is 38.2 Å². The number of aromatic nitrogens is 6. The number of nitrogens with one attached hydrogen (secondary N) is 3. The first-order chi connectivity index (χ1) is 15.0. The molecule has 10 heteroatoms. The van der Waals surface area contributed by atoms with Gasteiger partial charge in [-0.1, -0.05) is 6.07 Å². The molecule has 0 saturated heterocycles. The fourth-order valence-corrected chi connectivity index (χ4v) is 4.28. The summed E-state index contributed by atoms with van der Waals surface area (Å²) in [5.41, 5.74) is 5.13. The number of nitrogens with zero attached hydrogens (tertiary/aromatic N) is 6. The van der Waals surface area contributed by atoms with Crippen molar-refractivity contribution in [2.45, 2.75) is 32.2 Å². The summed E-state index contributed by atoms with van der Waals surface area (Å²) in [4.78, 5) is 23.7. The van der Waals surface area contributed by atoms with E-state index in [1.54, 1.807) is 16.9 Å². The number of carbonyl (C=O) groups is 1. The Kier molecular flexibility index (Phi) is 3.62. The van der Waals surface area contributed by atoms with Gasteiger partial charge in [0.15, 0.2) is 11.5 Å². The topological polar surface area (TPSA) is 116 Å². The fourth-order valence-electron chi connectivity index (χ4n) is 4.28. The maximum Gasteiger partial charge on any atom is 0.247 e. The molecule has 10 nitrogen and oxygen atoms in total. The largest absolute Gasteiger partial charge is 0.349 e. The highest BCUT2D eigenvalue weighted by Gasteiger charge is 2.38. The lowest BCUT2D eigenvalue weighted by Crippen LogP contribution is -2.31. The second kappa shape index (κ2) is 6.27. The Hall–Kier alpha value is -3.95. The van der Waals surface area contributed by atoms with Gasteiger partial charge in [-0.3, -0.25) is 9.89 Å². The Morgan fingerprint density at radius 2 is 2.16 bits per heavy atom. The molecule has 0 bridgehead atoms. The molecule has 1 aromatic carbocycles. The predicted molar refractivity (Wildman–Crippen MR) is 116 cm³/mol. The van der Waals surface area contributed by atoms with Crippen molar-refractivity contribution in [2.24, 2.45) is 0 Å². The van der Waals surface area contributed by atoms with E-state index in [1.165, 1.54) is 11.3 Å². The summed E-state index contributed by atoms with van der Waals surface area (Å²) in [5, 5.41) is 18.0. The van der Waals surface area contributed by atoms with Gasteiger partial charge in [0.2, 0.25) is 11.9 Å². The second-order valence-electron chi connectivity index (χ2n) is 8.46. The Bertz CT molecular complexity index is 1340. The van der Waals surface area contributed by atoms with Gasteiger partial charge in [-0.2, -0.15) is 10.1 Å². The first-order valence-corrected chi connectivity index (χ1v) is 10.2. The van der Waals surface area contributed by atoms with Crippen LogP contribution in [0.4, 0.5) is 23.1 Å². The van der Waals surface area contributed by atoms with E-state index >= 15 is 0 Å². The van der Waals surface area contributed by atoms with Crippen LogP contribution < -0.4 is 15.5 Å². The van der Waals surface area contributed by atoms with Gasteiger partial charge < -0.3 is 15.5 Å². The van der Waals surface area contributed by atoms with Crippen LogP contribution in [-0.2, 0) is 23.2 Å². The molecule has 0 saturated carbocycles. The molecule has 0 atom stereocenters. The van der Waals surface area contributed by atoms with Crippen molar-refractivity contribution in [3.8, 4) is 0 Å². The zero-order valence-electron chi connectivity index (χ0n) is 17.2. The summed E-state index contributed by atoms with van der Waals surface area (Å²) in [5.74, 6) is 1.26. The van der Waals surface area contributed by atoms with Crippen molar-refractivity contribution in [2.75, 3.05) is 22.1 Å². The van der Waals surface area contributed by atoms with Crippen LogP contribution in [0.3, 0.4) is 0 Å². The van der Waals surface area contributed by atoms with Crippen molar-refractivity contribution < 1.29 is 4.79 Å². The number of anilines is 4. The minimum absolute atomic E-state index is 0.00327. The first kappa shape index (κ1) is 17.9. The summed E-state index contributed by atoms with van der Waals surface area (Å²) in [6, 6.07) is 5.82. The number of amides is 1. The number of rotatable bonds is 3. The zero-order chi connectivity index (χ0) is 21.2. The van der Waals surface area contributed by atoms with Crippen molar-refractivity contribution in [3.05, 3.63) is 53.6 Å². The molecule has 0 radical (unpaired) electrons. The molecule has 5 heterocycles. The molecule has 3 N–H and O–H groups in total. The van der Waals surface area contributed by atoms with Crippen molar-refractivity contribution in [3.63, 3.8) is 0 Å². The van der Waals surface area contributed by atoms with E-state index in [-0.39, 0.29) is 5.91 Å². The lowest BCUT2D eigenvalue weighted by atomic mass is 9.86. The SMILES string of the molecule is CC1(C)C(=O)Nc2cc(Nc3nc4c(N5CCc6[nH]ncc6C5)nccn4n3)ccc21. The van der Waals surface area contributed by atoms with Crippen LogP contribution in [0.1, 0.15) is 30.7 Å². The third kappa shape index (κ3) is 2.75. The van der Waals surface area contributed by atoms with E-state index in [2.05, 4.69) is 40.8 Å². The summed E-state index contributed by atoms with van der Waals surface area (Å²) in [6.07, 6.45) is 6.27. The molecule has 2 aliphatic heterocycles. The van der Waals surface area contributed by atoms with Gasteiger partial charge in [-0.05, 0) is 31.5 Å². The summed E-state index contributed by atoms with van der Waals surface area (Å²) in [6.45, 7) is 5.41. The number of benzene rings is 1. The van der Waals surface area contributed by atoms with Crippen LogP contribution in [0, 0.1) is 0 Å². The van der Waals surface area contributed by atoms with Gasteiger partial charge in [-0.15, -0.1) is 5.10 Å². The lowest BCUT2D eigenvalue weighted by Gasteiger charge is -2.27. The van der Waals surface area contributed by atoms with Gasteiger partial charge in [0.25, 0.3) is 0 Å². The Morgan fingerprint density at radius 1 is 1.26 bits per heavy atom. The van der Waals surface area contributed by atoms with E-state index in [0.717, 1.165) is 42.3 Å². The molecule has 31 heavy (non-hydrogen) atoms. The monoisotopic (exact) mass is 415 g/mol. The van der Waals surface area contributed by atoms with Crippen LogP contribution in [0.2, 0.25) is 0 Å². The van der Waals surface area contributed by atoms with Crippen molar-refractivity contribution in [1.29, 1.82) is 0 Å². The predicted octanol–water partition coefficient (Wildman–Crippen LogP) is 2.38. The molecule has 0 aliphatic carbocycles. The molecule has 2 aliphatic rings. The average molecular weight is 415 g/mol. The fraction of sp³-hybridized carbons (Fsp3) is 0.286. The molecular weight excluding hydrogens is 394 g/mol. The maximum atomic E-state index is 12.2. The van der Waals surface area contributed by atoms with Gasteiger partial charge in [0, 0.05) is 54.5 Å². The van der Waals surface area contributed by atoms with Crippen LogP contribution in [0.25, 0.3) is 5.65 Å². The van der Waals surface area contributed by atoms with Crippen LogP contribution >= 0.6 is 0 Å². The average Bonchev–Trinajstić information content (AvgIpc) is 3.43. The minimum Gasteiger partial charge on any atom is -0.349 e. The zero-order valence-corrected chi connectivity index (χ0v) is 17.2. The first-order valence-electron chi connectivity index (χ1n) is 10.2. The number of hydrogen-bond acceptors (Lipinski definition) is 7. The third-order valence-corrected chi connectivity index (χ3v) is 6.10. The van der Waals surface area contributed by atoms with E-state index in [4.69, 9.17) is 0 Å². The van der Waals surface area contributed by atoms with Crippen molar-refractivity contribution >= 4 is 34.7 Å². The second-order valence-corrected chi connectivity index (χ2v) is 8.46. The summed E-state index contributed by atoms with van der Waals surface area (Å²) in [7, 11) is 0. The molecule has 6 rings (SSSR count). The normalized spacial score (nSPS) is 16.8. The van der Waals surface area contributed by atoms with Gasteiger partial charge in [-0.25, -0.2) is 9.50 Å². The number of aromatic amines is 1. The maximum absolute atomic E-state index is 12.2. The van der Waals surface area contributed by atoms with E-state index in [0.29, 0.717) is 11.6 Å². The highest BCUT2D eigenvalue weighted by atomic mass is 16.2. The molecule has 0 fully saturated rings. The van der Waals surface area contributed by atoms with Crippen LogP contribution in [0.5, 0.6) is 0 Å². The summed E-state index contributed by atoms with van der Waals surface area (Å²) >= 11 is 0. The molecule has 3 aromatic heterocycles. The Balaban J connectivity index is 1.31. The standard InChI is InChI=1S/C21H21N9O/c1-21(2)14-4-3-13(9-16(14)25-19(21)31)24-20-26-18-17(22-6-8-30(18)28-20)29-7-5-15-12(11-29)10-23-27-15/h3-4,6,8-10H,5,7,11H2,1-2H3,(H,23,27)(H,24,28)(H,25,31). The Labute approximate surface area is 177 Å². The van der Waals surface area contributed by atoms with Gasteiger partial charge in [0.1, 0.15) is 0 Å². The minimum atomic E-state index is -0.529. The highest BCUT2D eigenvalue weighted by molar-refractivity contribution is 6.06. The molecule has 156 valence electrons. The number of carbonyl (C=O) groups excluding carboxylic acids is 1. The number of H-pyrrole nitrogens is 1. The third-order valence-electron chi connectivity index (χ3n) is 6.10. The van der Waals surface area contributed by atoms with E-state index < -0.39 is 5.41 Å².